The zero-order chi connectivity index (χ0) is 15.7. The highest BCUT2D eigenvalue weighted by Crippen LogP contribution is 2.24. The molecular weight excluding hydrogens is 300 g/mol. The van der Waals surface area contributed by atoms with E-state index in [1.165, 1.54) is 0 Å². The van der Waals surface area contributed by atoms with Crippen LogP contribution in [0.2, 0.25) is 5.02 Å². The van der Waals surface area contributed by atoms with Gasteiger partial charge in [-0.2, -0.15) is 0 Å². The van der Waals surface area contributed by atoms with E-state index in [2.05, 4.69) is 10.3 Å². The van der Waals surface area contributed by atoms with E-state index >= 15 is 0 Å². The number of para-hydroxylation sites is 1. The predicted octanol–water partition coefficient (Wildman–Crippen LogP) is 4.13. The molecule has 0 spiro atoms. The molecule has 4 nitrogen and oxygen atoms in total. The number of aliphatic hydroxyl groups is 1. The molecule has 22 heavy (non-hydrogen) atoms. The lowest BCUT2D eigenvalue weighted by molar-refractivity contribution is 0.102. The Morgan fingerprint density at radius 2 is 2.00 bits per heavy atom. The molecule has 3 N–H and O–H groups in total. The summed E-state index contributed by atoms with van der Waals surface area (Å²) < 4.78 is 0. The number of hydrogen-bond acceptors (Lipinski definition) is 2. The first-order valence-corrected chi connectivity index (χ1v) is 7.29. The minimum atomic E-state index is -0.655. The maximum Gasteiger partial charge on any atom is 0.272 e. The van der Waals surface area contributed by atoms with E-state index in [4.69, 9.17) is 11.6 Å². The summed E-state index contributed by atoms with van der Waals surface area (Å²) in [5.74, 6) is -0.263. The van der Waals surface area contributed by atoms with Crippen LogP contribution in [0, 0.1) is 0 Å². The third-order valence-corrected chi connectivity index (χ3v) is 3.72. The van der Waals surface area contributed by atoms with Gasteiger partial charge in [0.15, 0.2) is 0 Å². The Morgan fingerprint density at radius 1 is 1.23 bits per heavy atom. The van der Waals surface area contributed by atoms with Gasteiger partial charge in [0.1, 0.15) is 5.69 Å². The summed E-state index contributed by atoms with van der Waals surface area (Å²) in [6, 6.07) is 14.3. The van der Waals surface area contributed by atoms with E-state index < -0.39 is 6.10 Å². The van der Waals surface area contributed by atoms with Crippen LogP contribution in [0.15, 0.2) is 48.5 Å². The van der Waals surface area contributed by atoms with Crippen molar-refractivity contribution in [3.63, 3.8) is 0 Å². The van der Waals surface area contributed by atoms with Gasteiger partial charge < -0.3 is 15.4 Å². The number of anilines is 1. The average Bonchev–Trinajstić information content (AvgIpc) is 2.90. The van der Waals surface area contributed by atoms with Crippen molar-refractivity contribution in [3.05, 3.63) is 64.8 Å². The molecule has 112 valence electrons. The van der Waals surface area contributed by atoms with Gasteiger partial charge in [-0.25, -0.2) is 0 Å². The molecule has 0 bridgehead atoms. The fraction of sp³-hybridized carbons (Fsp3) is 0.118. The second-order valence-electron chi connectivity index (χ2n) is 5.13. The van der Waals surface area contributed by atoms with Crippen molar-refractivity contribution in [2.45, 2.75) is 13.0 Å². The molecule has 1 atom stereocenters. The number of benzene rings is 2. The minimum absolute atomic E-state index is 0.263. The molecule has 1 aromatic heterocycles. The van der Waals surface area contributed by atoms with Gasteiger partial charge >= 0.3 is 0 Å². The van der Waals surface area contributed by atoms with Crippen LogP contribution < -0.4 is 5.32 Å². The molecule has 0 saturated carbocycles. The van der Waals surface area contributed by atoms with Crippen LogP contribution in [-0.2, 0) is 0 Å². The molecule has 3 rings (SSSR count). The highest BCUT2D eigenvalue weighted by atomic mass is 35.5. The number of halogens is 1. The molecule has 1 unspecified atom stereocenters. The second kappa shape index (κ2) is 5.83. The van der Waals surface area contributed by atoms with E-state index in [0.29, 0.717) is 22.0 Å². The number of H-pyrrole nitrogens is 1. The summed E-state index contributed by atoms with van der Waals surface area (Å²) in [7, 11) is 0. The van der Waals surface area contributed by atoms with Crippen molar-refractivity contribution in [3.8, 4) is 0 Å². The lowest BCUT2D eigenvalue weighted by Gasteiger charge is -2.12. The van der Waals surface area contributed by atoms with Gasteiger partial charge in [0.25, 0.3) is 5.91 Å². The summed E-state index contributed by atoms with van der Waals surface area (Å²) in [5, 5.41) is 14.1. The fourth-order valence-electron chi connectivity index (χ4n) is 2.39. The summed E-state index contributed by atoms with van der Waals surface area (Å²) in [4.78, 5) is 15.4. The van der Waals surface area contributed by atoms with Crippen LogP contribution in [0.3, 0.4) is 0 Å². The van der Waals surface area contributed by atoms with Crippen molar-refractivity contribution in [2.24, 2.45) is 0 Å². The molecule has 0 aliphatic heterocycles. The number of rotatable bonds is 3. The van der Waals surface area contributed by atoms with Crippen LogP contribution in [0.25, 0.3) is 10.9 Å². The number of carbonyl (C=O) groups is 1. The van der Waals surface area contributed by atoms with E-state index in [0.717, 1.165) is 10.9 Å². The van der Waals surface area contributed by atoms with Crippen LogP contribution >= 0.6 is 11.6 Å². The maximum absolute atomic E-state index is 12.4. The largest absolute Gasteiger partial charge is 0.389 e. The van der Waals surface area contributed by atoms with Gasteiger partial charge in [0, 0.05) is 27.2 Å². The molecule has 1 heterocycles. The number of fused-ring (bicyclic) bond motifs is 1. The zero-order valence-corrected chi connectivity index (χ0v) is 12.7. The standard InChI is InChI=1S/C17H15ClN2O2/c1-10(21)13-4-2-3-5-15(13)20-17(22)16-9-11-8-12(18)6-7-14(11)19-16/h2-10,19,21H,1H3,(H,20,22). The molecule has 1 amide bonds. The Hall–Kier alpha value is -2.30. The molecule has 5 heteroatoms. The van der Waals surface area contributed by atoms with Gasteiger partial charge in [-0.1, -0.05) is 29.8 Å². The van der Waals surface area contributed by atoms with E-state index in [1.807, 2.05) is 18.2 Å². The number of hydrogen-bond donors (Lipinski definition) is 3. The predicted molar refractivity (Wildman–Crippen MR) is 88.3 cm³/mol. The molecule has 0 saturated heterocycles. The second-order valence-corrected chi connectivity index (χ2v) is 5.57. The summed E-state index contributed by atoms with van der Waals surface area (Å²) in [6.45, 7) is 1.66. The SMILES string of the molecule is CC(O)c1ccccc1NC(=O)c1cc2cc(Cl)ccc2[nH]1. The van der Waals surface area contributed by atoms with Gasteiger partial charge in [0.2, 0.25) is 0 Å². The molecule has 3 aromatic rings. The van der Waals surface area contributed by atoms with Crippen molar-refractivity contribution in [2.75, 3.05) is 5.32 Å². The molecule has 2 aromatic carbocycles. The first-order chi connectivity index (χ1) is 10.5. The smallest absolute Gasteiger partial charge is 0.272 e. The Morgan fingerprint density at radius 3 is 2.77 bits per heavy atom. The highest BCUT2D eigenvalue weighted by Gasteiger charge is 2.13. The van der Waals surface area contributed by atoms with Crippen molar-refractivity contribution in [1.82, 2.24) is 4.98 Å². The Kier molecular flexibility index (Phi) is 3.88. The van der Waals surface area contributed by atoms with Crippen molar-refractivity contribution < 1.29 is 9.90 Å². The maximum atomic E-state index is 12.4. The Bertz CT molecular complexity index is 840. The molecule has 0 radical (unpaired) electrons. The van der Waals surface area contributed by atoms with E-state index in [-0.39, 0.29) is 5.91 Å². The molecular formula is C17H15ClN2O2. The monoisotopic (exact) mass is 314 g/mol. The lowest BCUT2D eigenvalue weighted by atomic mass is 10.1. The van der Waals surface area contributed by atoms with Crippen molar-refractivity contribution in [1.29, 1.82) is 0 Å². The number of carbonyl (C=O) groups excluding carboxylic acids is 1. The third-order valence-electron chi connectivity index (χ3n) is 3.49. The van der Waals surface area contributed by atoms with Crippen LogP contribution in [0.5, 0.6) is 0 Å². The van der Waals surface area contributed by atoms with Gasteiger partial charge in [-0.05, 0) is 37.3 Å². The number of nitrogens with one attached hydrogen (secondary N) is 2. The van der Waals surface area contributed by atoms with Crippen molar-refractivity contribution >= 4 is 34.1 Å². The number of amides is 1. The Labute approximate surface area is 132 Å². The Balaban J connectivity index is 1.90. The normalized spacial score (nSPS) is 12.3. The van der Waals surface area contributed by atoms with E-state index in [1.54, 1.807) is 37.3 Å². The molecule has 0 aliphatic rings. The summed E-state index contributed by atoms with van der Waals surface area (Å²) >= 11 is 5.95. The van der Waals surface area contributed by atoms with E-state index in [9.17, 15) is 9.90 Å². The summed E-state index contributed by atoms with van der Waals surface area (Å²) in [5.41, 5.74) is 2.56. The number of aliphatic hydroxyl groups excluding tert-OH is 1. The van der Waals surface area contributed by atoms with Gasteiger partial charge in [-0.15, -0.1) is 0 Å². The quantitative estimate of drug-likeness (QED) is 0.680. The molecule has 0 aliphatic carbocycles. The average molecular weight is 315 g/mol. The lowest BCUT2D eigenvalue weighted by Crippen LogP contribution is -2.14. The first kappa shape index (κ1) is 14.6. The van der Waals surface area contributed by atoms with Gasteiger partial charge in [-0.3, -0.25) is 4.79 Å². The minimum Gasteiger partial charge on any atom is -0.389 e. The zero-order valence-electron chi connectivity index (χ0n) is 11.9. The van der Waals surface area contributed by atoms with Crippen LogP contribution in [-0.4, -0.2) is 16.0 Å². The third kappa shape index (κ3) is 2.84. The molecule has 0 fully saturated rings. The summed E-state index contributed by atoms with van der Waals surface area (Å²) in [6.07, 6.45) is -0.655. The first-order valence-electron chi connectivity index (χ1n) is 6.91. The van der Waals surface area contributed by atoms with Gasteiger partial charge in [0.05, 0.1) is 6.10 Å². The topological polar surface area (TPSA) is 65.1 Å². The highest BCUT2D eigenvalue weighted by molar-refractivity contribution is 6.31. The number of aromatic nitrogens is 1. The number of aromatic amines is 1. The van der Waals surface area contributed by atoms with Crippen LogP contribution in [0.1, 0.15) is 29.1 Å². The van der Waals surface area contributed by atoms with Crippen LogP contribution in [0.4, 0.5) is 5.69 Å². The fourth-order valence-corrected chi connectivity index (χ4v) is 2.57.